The van der Waals surface area contributed by atoms with Crippen LogP contribution in [0, 0.1) is 5.92 Å². The Labute approximate surface area is 124 Å². The first-order chi connectivity index (χ1) is 10.2. The van der Waals surface area contributed by atoms with Crippen LogP contribution in [0.15, 0.2) is 23.1 Å². The minimum atomic E-state index is -0.289. The fraction of sp³-hybridized carbons (Fsp3) is 0.625. The molecule has 1 saturated heterocycles. The maximum atomic E-state index is 12.7. The number of pyridine rings is 1. The molecule has 0 spiro atoms. The summed E-state index contributed by atoms with van der Waals surface area (Å²) in [7, 11) is 0. The van der Waals surface area contributed by atoms with Crippen LogP contribution in [0.3, 0.4) is 0 Å². The zero-order chi connectivity index (χ0) is 14.8. The van der Waals surface area contributed by atoms with E-state index in [0.29, 0.717) is 5.56 Å². The lowest BCUT2D eigenvalue weighted by Crippen LogP contribution is -2.49. The minimum Gasteiger partial charge on any atom is -0.393 e. The molecule has 1 amide bonds. The number of aliphatic hydroxyl groups is 1. The summed E-state index contributed by atoms with van der Waals surface area (Å²) in [5, 5.41) is 10.2. The summed E-state index contributed by atoms with van der Waals surface area (Å²) in [6.07, 6.45) is 7.15. The maximum absolute atomic E-state index is 12.7. The van der Waals surface area contributed by atoms with Crippen LogP contribution < -0.4 is 5.56 Å². The number of aromatic amines is 1. The van der Waals surface area contributed by atoms with Gasteiger partial charge in [-0.1, -0.05) is 6.42 Å². The fourth-order valence-corrected chi connectivity index (χ4v) is 3.82. The van der Waals surface area contributed by atoms with E-state index in [9.17, 15) is 14.7 Å². The highest BCUT2D eigenvalue weighted by Crippen LogP contribution is 2.35. The van der Waals surface area contributed by atoms with Gasteiger partial charge in [0, 0.05) is 36.3 Å². The van der Waals surface area contributed by atoms with Crippen molar-refractivity contribution in [2.45, 2.75) is 50.7 Å². The lowest BCUT2D eigenvalue weighted by Gasteiger charge is -2.40. The minimum absolute atomic E-state index is 0.0788. The number of likely N-dealkylation sites (tertiary alicyclic amines) is 1. The zero-order valence-corrected chi connectivity index (χ0v) is 12.1. The molecular weight excluding hydrogens is 268 g/mol. The molecule has 1 aliphatic carbocycles. The number of hydrogen-bond acceptors (Lipinski definition) is 3. The van der Waals surface area contributed by atoms with Crippen LogP contribution >= 0.6 is 0 Å². The first-order valence-corrected chi connectivity index (χ1v) is 7.84. The van der Waals surface area contributed by atoms with Gasteiger partial charge in [-0.2, -0.15) is 0 Å². The third-order valence-electron chi connectivity index (χ3n) is 4.86. The Bertz CT molecular complexity index is 569. The van der Waals surface area contributed by atoms with Crippen LogP contribution in [0.1, 0.15) is 48.9 Å². The zero-order valence-electron chi connectivity index (χ0n) is 12.1. The van der Waals surface area contributed by atoms with E-state index in [2.05, 4.69) is 4.98 Å². The Kier molecular flexibility index (Phi) is 4.10. The molecule has 114 valence electrons. The molecule has 5 nitrogen and oxygen atoms in total. The molecule has 2 aliphatic rings. The highest BCUT2D eigenvalue weighted by Gasteiger charge is 2.38. The molecule has 21 heavy (non-hydrogen) atoms. The van der Waals surface area contributed by atoms with E-state index in [-0.39, 0.29) is 29.5 Å². The number of hydrogen-bond donors (Lipinski definition) is 2. The fourth-order valence-electron chi connectivity index (χ4n) is 3.82. The van der Waals surface area contributed by atoms with Crippen LogP contribution in [-0.2, 0) is 0 Å². The van der Waals surface area contributed by atoms with Gasteiger partial charge >= 0.3 is 0 Å². The SMILES string of the molecule is O=C(c1cc[nH]c(=O)c1)N1CCCCC1C1CCCC1O. The van der Waals surface area contributed by atoms with Crippen molar-refractivity contribution in [3.63, 3.8) is 0 Å². The number of aliphatic hydroxyl groups excluding tert-OH is 1. The quantitative estimate of drug-likeness (QED) is 0.867. The molecule has 3 atom stereocenters. The van der Waals surface area contributed by atoms with Crippen molar-refractivity contribution in [3.8, 4) is 0 Å². The van der Waals surface area contributed by atoms with Crippen LogP contribution in [0.4, 0.5) is 0 Å². The van der Waals surface area contributed by atoms with E-state index in [1.165, 1.54) is 12.3 Å². The van der Waals surface area contributed by atoms with Crippen molar-refractivity contribution in [2.24, 2.45) is 5.92 Å². The normalized spacial score (nSPS) is 29.6. The van der Waals surface area contributed by atoms with E-state index >= 15 is 0 Å². The van der Waals surface area contributed by atoms with Gasteiger partial charge in [0.15, 0.2) is 0 Å². The van der Waals surface area contributed by atoms with Gasteiger partial charge in [-0.3, -0.25) is 9.59 Å². The number of carbonyl (C=O) groups excluding carboxylic acids is 1. The summed E-state index contributed by atoms with van der Waals surface area (Å²) in [6.45, 7) is 0.722. The van der Waals surface area contributed by atoms with Gasteiger partial charge in [-0.25, -0.2) is 0 Å². The molecule has 2 heterocycles. The Balaban J connectivity index is 1.83. The van der Waals surface area contributed by atoms with Gasteiger partial charge in [0.25, 0.3) is 5.91 Å². The van der Waals surface area contributed by atoms with E-state index in [0.717, 1.165) is 45.1 Å². The summed E-state index contributed by atoms with van der Waals surface area (Å²) in [4.78, 5) is 28.5. The van der Waals surface area contributed by atoms with Crippen molar-refractivity contribution in [1.29, 1.82) is 0 Å². The number of rotatable bonds is 2. The molecular formula is C16H22N2O3. The molecule has 5 heteroatoms. The lowest BCUT2D eigenvalue weighted by atomic mass is 9.87. The Morgan fingerprint density at radius 2 is 2.10 bits per heavy atom. The van der Waals surface area contributed by atoms with Crippen molar-refractivity contribution in [1.82, 2.24) is 9.88 Å². The van der Waals surface area contributed by atoms with Gasteiger partial charge < -0.3 is 15.0 Å². The number of nitrogens with zero attached hydrogens (tertiary/aromatic N) is 1. The van der Waals surface area contributed by atoms with Crippen molar-refractivity contribution < 1.29 is 9.90 Å². The van der Waals surface area contributed by atoms with Gasteiger partial charge in [0.05, 0.1) is 6.10 Å². The third-order valence-corrected chi connectivity index (χ3v) is 4.86. The molecule has 1 aromatic heterocycles. The monoisotopic (exact) mass is 290 g/mol. The van der Waals surface area contributed by atoms with Crippen molar-refractivity contribution in [2.75, 3.05) is 6.54 Å². The molecule has 2 fully saturated rings. The maximum Gasteiger partial charge on any atom is 0.254 e. The molecule has 0 aromatic carbocycles. The lowest BCUT2D eigenvalue weighted by molar-refractivity contribution is 0.0287. The summed E-state index contributed by atoms with van der Waals surface area (Å²) < 4.78 is 0. The van der Waals surface area contributed by atoms with Gasteiger partial charge in [-0.05, 0) is 38.2 Å². The molecule has 1 aromatic rings. The average molecular weight is 290 g/mol. The van der Waals surface area contributed by atoms with Gasteiger partial charge in [0.2, 0.25) is 5.56 Å². The van der Waals surface area contributed by atoms with Crippen LogP contribution in [0.2, 0.25) is 0 Å². The summed E-state index contributed by atoms with van der Waals surface area (Å²) in [5.41, 5.74) is 0.188. The van der Waals surface area contributed by atoms with Crippen molar-refractivity contribution in [3.05, 3.63) is 34.2 Å². The van der Waals surface area contributed by atoms with E-state index in [4.69, 9.17) is 0 Å². The molecule has 3 unspecified atom stereocenters. The Morgan fingerprint density at radius 1 is 1.24 bits per heavy atom. The largest absolute Gasteiger partial charge is 0.393 e. The number of H-pyrrole nitrogens is 1. The third kappa shape index (κ3) is 2.88. The first-order valence-electron chi connectivity index (χ1n) is 7.84. The number of aromatic nitrogens is 1. The highest BCUT2D eigenvalue weighted by atomic mass is 16.3. The molecule has 1 saturated carbocycles. The molecule has 0 bridgehead atoms. The standard InChI is InChI=1S/C16H22N2O3/c19-14-6-3-4-12(14)13-5-1-2-9-18(13)16(21)11-7-8-17-15(20)10-11/h7-8,10,12-14,19H,1-6,9H2,(H,17,20). The van der Waals surface area contributed by atoms with E-state index in [1.807, 2.05) is 4.90 Å². The predicted molar refractivity (Wildman–Crippen MR) is 79.1 cm³/mol. The van der Waals surface area contributed by atoms with Gasteiger partial charge in [-0.15, -0.1) is 0 Å². The number of nitrogens with one attached hydrogen (secondary N) is 1. The molecule has 1 aliphatic heterocycles. The smallest absolute Gasteiger partial charge is 0.254 e. The highest BCUT2D eigenvalue weighted by molar-refractivity contribution is 5.94. The molecule has 2 N–H and O–H groups in total. The van der Waals surface area contributed by atoms with Crippen LogP contribution in [-0.4, -0.2) is 39.6 Å². The second kappa shape index (κ2) is 6.02. The van der Waals surface area contributed by atoms with Crippen molar-refractivity contribution >= 4 is 5.91 Å². The second-order valence-electron chi connectivity index (χ2n) is 6.17. The number of carbonyl (C=O) groups is 1. The topological polar surface area (TPSA) is 73.4 Å². The summed E-state index contributed by atoms with van der Waals surface area (Å²) in [6, 6.07) is 3.13. The first kappa shape index (κ1) is 14.3. The van der Waals surface area contributed by atoms with Gasteiger partial charge in [0.1, 0.15) is 0 Å². The predicted octanol–water partition coefficient (Wildman–Crippen LogP) is 1.53. The van der Waals surface area contributed by atoms with E-state index < -0.39 is 0 Å². The summed E-state index contributed by atoms with van der Waals surface area (Å²) in [5.74, 6) is 0.112. The molecule has 0 radical (unpaired) electrons. The Hall–Kier alpha value is -1.62. The Morgan fingerprint density at radius 3 is 2.81 bits per heavy atom. The van der Waals surface area contributed by atoms with E-state index in [1.54, 1.807) is 6.07 Å². The number of piperidine rings is 1. The second-order valence-corrected chi connectivity index (χ2v) is 6.17. The van der Waals surface area contributed by atoms with Crippen LogP contribution in [0.5, 0.6) is 0 Å². The molecule has 3 rings (SSSR count). The summed E-state index contributed by atoms with van der Waals surface area (Å²) >= 11 is 0. The number of amides is 1. The average Bonchev–Trinajstić information content (AvgIpc) is 2.92. The van der Waals surface area contributed by atoms with Crippen LogP contribution in [0.25, 0.3) is 0 Å².